The van der Waals surface area contributed by atoms with Crippen LogP contribution in [0, 0.1) is 5.82 Å². The zero-order chi connectivity index (χ0) is 15.1. The number of hydrogen-bond donors (Lipinski definition) is 1. The Labute approximate surface area is 126 Å². The number of benzene rings is 1. The van der Waals surface area contributed by atoms with Crippen LogP contribution in [0.5, 0.6) is 0 Å². The molecule has 0 bridgehead atoms. The lowest BCUT2D eigenvalue weighted by Crippen LogP contribution is -2.15. The van der Waals surface area contributed by atoms with Crippen LogP contribution in [0.2, 0.25) is 0 Å². The molecule has 1 aromatic rings. The number of carbonyl (C=O) groups is 1. The van der Waals surface area contributed by atoms with Gasteiger partial charge in [-0.1, -0.05) is 23.9 Å². The average molecular weight is 309 g/mol. The van der Waals surface area contributed by atoms with Gasteiger partial charge in [-0.15, -0.1) is 0 Å². The van der Waals surface area contributed by atoms with Crippen molar-refractivity contribution in [3.8, 4) is 0 Å². The Kier molecular flexibility index (Phi) is 5.74. The molecular weight excluding hydrogens is 293 g/mol. The van der Waals surface area contributed by atoms with Crippen LogP contribution in [0.1, 0.15) is 18.9 Å². The van der Waals surface area contributed by atoms with E-state index in [0.29, 0.717) is 11.8 Å². The lowest BCUT2D eigenvalue weighted by molar-refractivity contribution is -0.143. The van der Waals surface area contributed by atoms with Crippen LogP contribution in [0.3, 0.4) is 0 Å². The number of nitrogens with zero attached hydrogens (tertiary/aromatic N) is 2. The maximum atomic E-state index is 12.7. The summed E-state index contributed by atoms with van der Waals surface area (Å²) in [7, 11) is 0. The van der Waals surface area contributed by atoms with Crippen LogP contribution in [-0.2, 0) is 9.53 Å². The zero-order valence-electron chi connectivity index (χ0n) is 11.6. The summed E-state index contributed by atoms with van der Waals surface area (Å²) in [5.74, 6) is 0.216. The number of thioether (sulfide) groups is 1. The van der Waals surface area contributed by atoms with Crippen molar-refractivity contribution in [3.63, 3.8) is 0 Å². The molecule has 1 aliphatic rings. The summed E-state index contributed by atoms with van der Waals surface area (Å²) in [4.78, 5) is 15.7. The molecule has 0 spiro atoms. The molecule has 112 valence electrons. The normalized spacial score (nSPS) is 17.8. The molecule has 0 saturated heterocycles. The minimum absolute atomic E-state index is 0.0717. The standard InChI is InChI=1S/C14H16FN3O2S/c1-2-20-13(19)7-12-9-21-14(17-12)18-16-8-10-3-5-11(15)6-4-10/h3-6,8,12H,2,7,9H2,1H3,(H,17,18)/b16-8+. The molecule has 2 rings (SSSR count). The van der Waals surface area contributed by atoms with E-state index in [1.54, 1.807) is 25.3 Å². The quantitative estimate of drug-likeness (QED) is 0.514. The largest absolute Gasteiger partial charge is 0.466 e. The molecule has 21 heavy (non-hydrogen) atoms. The van der Waals surface area contributed by atoms with Gasteiger partial charge in [0.05, 0.1) is 25.3 Å². The SMILES string of the molecule is CCOC(=O)CC1CSC(N/N=C/c2ccc(F)cc2)=N1. The lowest BCUT2D eigenvalue weighted by atomic mass is 10.2. The summed E-state index contributed by atoms with van der Waals surface area (Å²) in [6, 6.07) is 5.94. The van der Waals surface area contributed by atoms with Gasteiger partial charge in [-0.3, -0.25) is 15.2 Å². The molecule has 1 aliphatic heterocycles. The topological polar surface area (TPSA) is 63.0 Å². The summed E-state index contributed by atoms with van der Waals surface area (Å²) < 4.78 is 17.6. The van der Waals surface area contributed by atoms with Crippen molar-refractivity contribution < 1.29 is 13.9 Å². The van der Waals surface area contributed by atoms with E-state index in [2.05, 4.69) is 15.5 Å². The van der Waals surface area contributed by atoms with Crippen molar-refractivity contribution in [3.05, 3.63) is 35.6 Å². The molecule has 5 nitrogen and oxygen atoms in total. The Hall–Kier alpha value is -1.89. The van der Waals surface area contributed by atoms with Gasteiger partial charge >= 0.3 is 5.97 Å². The smallest absolute Gasteiger partial charge is 0.307 e. The number of aliphatic imine (C=N–C) groups is 1. The van der Waals surface area contributed by atoms with E-state index in [0.717, 1.165) is 11.3 Å². The van der Waals surface area contributed by atoms with Crippen LogP contribution in [0.15, 0.2) is 34.4 Å². The lowest BCUT2D eigenvalue weighted by Gasteiger charge is -2.04. The van der Waals surface area contributed by atoms with E-state index in [9.17, 15) is 9.18 Å². The minimum Gasteiger partial charge on any atom is -0.466 e. The van der Waals surface area contributed by atoms with Gasteiger partial charge in [-0.2, -0.15) is 5.10 Å². The fourth-order valence-corrected chi connectivity index (χ4v) is 2.59. The number of amidine groups is 1. The van der Waals surface area contributed by atoms with Crippen molar-refractivity contribution in [2.45, 2.75) is 19.4 Å². The van der Waals surface area contributed by atoms with Crippen molar-refractivity contribution >= 4 is 29.1 Å². The summed E-state index contributed by atoms with van der Waals surface area (Å²) in [6.07, 6.45) is 1.87. The van der Waals surface area contributed by atoms with Crippen molar-refractivity contribution in [1.82, 2.24) is 5.43 Å². The Morgan fingerprint density at radius 3 is 3.05 bits per heavy atom. The van der Waals surface area contributed by atoms with E-state index in [-0.39, 0.29) is 24.2 Å². The van der Waals surface area contributed by atoms with Gasteiger partial charge in [0.2, 0.25) is 0 Å². The maximum absolute atomic E-state index is 12.7. The highest BCUT2D eigenvalue weighted by atomic mass is 32.2. The minimum atomic E-state index is -0.280. The number of carbonyl (C=O) groups excluding carboxylic acids is 1. The number of nitrogens with one attached hydrogen (secondary N) is 1. The first-order valence-electron chi connectivity index (χ1n) is 6.58. The van der Waals surface area contributed by atoms with Gasteiger partial charge in [-0.05, 0) is 24.6 Å². The summed E-state index contributed by atoms with van der Waals surface area (Å²) in [6.45, 7) is 2.16. The first-order valence-corrected chi connectivity index (χ1v) is 7.57. The molecule has 0 fully saturated rings. The van der Waals surface area contributed by atoms with Gasteiger partial charge in [0.25, 0.3) is 0 Å². The second-order valence-corrected chi connectivity index (χ2v) is 5.34. The molecule has 1 unspecified atom stereocenters. The number of hydrazone groups is 1. The van der Waals surface area contributed by atoms with E-state index in [4.69, 9.17) is 4.74 Å². The van der Waals surface area contributed by atoms with Crippen molar-refractivity contribution in [2.24, 2.45) is 10.1 Å². The number of ether oxygens (including phenoxy) is 1. The molecule has 0 aromatic heterocycles. The molecule has 1 heterocycles. The molecule has 0 radical (unpaired) electrons. The van der Waals surface area contributed by atoms with E-state index in [1.807, 2.05) is 0 Å². The maximum Gasteiger partial charge on any atom is 0.307 e. The predicted octanol–water partition coefficient (Wildman–Crippen LogP) is 2.17. The van der Waals surface area contributed by atoms with Crippen molar-refractivity contribution in [1.29, 1.82) is 0 Å². The van der Waals surface area contributed by atoms with Gasteiger partial charge in [0.15, 0.2) is 5.17 Å². The van der Waals surface area contributed by atoms with Crippen molar-refractivity contribution in [2.75, 3.05) is 12.4 Å². The highest BCUT2D eigenvalue weighted by Crippen LogP contribution is 2.19. The molecule has 0 aliphatic carbocycles. The van der Waals surface area contributed by atoms with Crippen LogP contribution in [0.4, 0.5) is 4.39 Å². The van der Waals surface area contributed by atoms with Gasteiger partial charge in [0, 0.05) is 5.75 Å². The first-order chi connectivity index (χ1) is 10.2. The monoisotopic (exact) mass is 309 g/mol. The van der Waals surface area contributed by atoms with Gasteiger partial charge < -0.3 is 4.74 Å². The van der Waals surface area contributed by atoms with Crippen LogP contribution < -0.4 is 5.43 Å². The molecule has 0 saturated carbocycles. The van der Waals surface area contributed by atoms with Crippen LogP contribution >= 0.6 is 11.8 Å². The highest BCUT2D eigenvalue weighted by Gasteiger charge is 2.21. The summed E-state index contributed by atoms with van der Waals surface area (Å²) in [5.41, 5.74) is 3.60. The Morgan fingerprint density at radius 1 is 1.57 bits per heavy atom. The summed E-state index contributed by atoms with van der Waals surface area (Å²) >= 11 is 1.51. The number of halogens is 1. The number of esters is 1. The molecule has 1 atom stereocenters. The third-order valence-electron chi connectivity index (χ3n) is 2.66. The fraction of sp³-hybridized carbons (Fsp3) is 0.357. The molecule has 1 aromatic carbocycles. The predicted molar refractivity (Wildman–Crippen MR) is 82.1 cm³/mol. The number of hydrogen-bond acceptors (Lipinski definition) is 6. The Balaban J connectivity index is 1.81. The second-order valence-electron chi connectivity index (χ2n) is 4.33. The number of rotatable bonds is 5. The first kappa shape index (κ1) is 15.5. The molecular formula is C14H16FN3O2S. The van der Waals surface area contributed by atoms with Crippen LogP contribution in [0.25, 0.3) is 0 Å². The fourth-order valence-electron chi connectivity index (χ4n) is 1.70. The second kappa shape index (κ2) is 7.78. The third-order valence-corrected chi connectivity index (χ3v) is 3.69. The highest BCUT2D eigenvalue weighted by molar-refractivity contribution is 8.14. The van der Waals surface area contributed by atoms with Gasteiger partial charge in [0.1, 0.15) is 5.82 Å². The summed E-state index contributed by atoms with van der Waals surface area (Å²) in [5, 5.41) is 4.71. The average Bonchev–Trinajstić information content (AvgIpc) is 2.89. The Bertz CT molecular complexity index is 546. The van der Waals surface area contributed by atoms with E-state index in [1.165, 1.54) is 23.9 Å². The third kappa shape index (κ3) is 5.18. The molecule has 1 N–H and O–H groups in total. The van der Waals surface area contributed by atoms with E-state index >= 15 is 0 Å². The Morgan fingerprint density at radius 2 is 2.33 bits per heavy atom. The van der Waals surface area contributed by atoms with E-state index < -0.39 is 0 Å². The van der Waals surface area contributed by atoms with Gasteiger partial charge in [-0.25, -0.2) is 4.39 Å². The zero-order valence-corrected chi connectivity index (χ0v) is 12.4. The molecule has 0 amide bonds. The van der Waals surface area contributed by atoms with Crippen LogP contribution in [-0.4, -0.2) is 35.8 Å². The molecule has 7 heteroatoms.